The van der Waals surface area contributed by atoms with Gasteiger partial charge in [0.1, 0.15) is 5.82 Å². The summed E-state index contributed by atoms with van der Waals surface area (Å²) in [7, 11) is 0. The SMILES string of the molecule is O=C(N1CC2(CC(Cc3cnn(CC(F)(F)F)n3)C2)C1)N1CC2(CC(c3n[nH]c(C4CC4)n3)C2)C1. The molecule has 4 heterocycles. The number of halogens is 3. The second-order valence-corrected chi connectivity index (χ2v) is 11.9. The number of likely N-dealkylation sites (tertiary alicyclic amines) is 2. The van der Waals surface area contributed by atoms with Crippen molar-refractivity contribution in [2.24, 2.45) is 16.7 Å². The molecule has 2 aromatic rings. The molecule has 7 rings (SSSR count). The molecule has 9 nitrogen and oxygen atoms in total. The van der Waals surface area contributed by atoms with E-state index in [-0.39, 0.29) is 16.9 Å². The Bertz CT molecular complexity index is 1130. The molecule has 3 aliphatic carbocycles. The fourth-order valence-electron chi connectivity index (χ4n) is 6.96. The van der Waals surface area contributed by atoms with Crippen LogP contribution in [-0.4, -0.2) is 78.4 Å². The number of hydrogen-bond acceptors (Lipinski definition) is 5. The first-order chi connectivity index (χ1) is 16.7. The number of H-pyrrole nitrogens is 1. The Morgan fingerprint density at radius 1 is 1.03 bits per heavy atom. The van der Waals surface area contributed by atoms with Gasteiger partial charge in [-0.3, -0.25) is 5.10 Å². The summed E-state index contributed by atoms with van der Waals surface area (Å²) < 4.78 is 37.4. The van der Waals surface area contributed by atoms with Gasteiger partial charge >= 0.3 is 12.2 Å². The van der Waals surface area contributed by atoms with E-state index in [9.17, 15) is 18.0 Å². The topological polar surface area (TPSA) is 95.8 Å². The third-order valence-electron chi connectivity index (χ3n) is 8.70. The molecule has 188 valence electrons. The minimum Gasteiger partial charge on any atom is -0.323 e. The van der Waals surface area contributed by atoms with Gasteiger partial charge in [-0.15, -0.1) is 0 Å². The highest BCUT2D eigenvalue weighted by Crippen LogP contribution is 2.57. The van der Waals surface area contributed by atoms with Gasteiger partial charge in [-0.25, -0.2) is 9.78 Å². The molecule has 1 N–H and O–H groups in total. The molecule has 35 heavy (non-hydrogen) atoms. The fraction of sp³-hybridized carbons (Fsp3) is 0.783. The smallest absolute Gasteiger partial charge is 0.323 e. The van der Waals surface area contributed by atoms with Crippen molar-refractivity contribution in [3.8, 4) is 0 Å². The molecular weight excluding hydrogens is 461 g/mol. The minimum absolute atomic E-state index is 0.150. The molecule has 5 fully saturated rings. The van der Waals surface area contributed by atoms with Crippen molar-refractivity contribution in [2.45, 2.75) is 69.5 Å². The summed E-state index contributed by atoms with van der Waals surface area (Å²) in [5, 5.41) is 15.2. The van der Waals surface area contributed by atoms with Gasteiger partial charge in [-0.2, -0.15) is 33.3 Å². The average Bonchev–Trinajstić information content (AvgIpc) is 3.24. The maximum atomic E-state index is 12.9. The maximum Gasteiger partial charge on any atom is 0.409 e. The molecule has 12 heteroatoms. The van der Waals surface area contributed by atoms with Gasteiger partial charge in [0.2, 0.25) is 0 Å². The molecular formula is C23H29F3N8O. The van der Waals surface area contributed by atoms with Crippen LogP contribution in [0.1, 0.15) is 67.7 Å². The van der Waals surface area contributed by atoms with Crippen LogP contribution in [0.25, 0.3) is 0 Å². The van der Waals surface area contributed by atoms with Crippen LogP contribution in [0.3, 0.4) is 0 Å². The lowest BCUT2D eigenvalue weighted by Crippen LogP contribution is -2.70. The van der Waals surface area contributed by atoms with Crippen molar-refractivity contribution in [1.29, 1.82) is 0 Å². The molecule has 2 amide bonds. The first-order valence-electron chi connectivity index (χ1n) is 12.6. The van der Waals surface area contributed by atoms with E-state index in [0.717, 1.165) is 63.5 Å². The van der Waals surface area contributed by atoms with Crippen molar-refractivity contribution in [3.63, 3.8) is 0 Å². The first kappa shape index (κ1) is 21.6. The molecule has 2 aromatic heterocycles. The number of carbonyl (C=O) groups is 1. The van der Waals surface area contributed by atoms with E-state index >= 15 is 0 Å². The zero-order valence-electron chi connectivity index (χ0n) is 19.5. The van der Waals surface area contributed by atoms with E-state index in [4.69, 9.17) is 4.98 Å². The highest BCUT2D eigenvalue weighted by Gasteiger charge is 2.58. The number of nitrogens with zero attached hydrogens (tertiary/aromatic N) is 7. The Hall–Kier alpha value is -2.66. The Labute approximate surface area is 200 Å². The summed E-state index contributed by atoms with van der Waals surface area (Å²) in [6.45, 7) is 2.09. The van der Waals surface area contributed by atoms with Gasteiger partial charge in [0, 0.05) is 48.8 Å². The molecule has 2 spiro atoms. The summed E-state index contributed by atoms with van der Waals surface area (Å²) in [5.74, 6) is 3.41. The molecule has 2 saturated heterocycles. The van der Waals surface area contributed by atoms with E-state index in [0.29, 0.717) is 34.7 Å². The van der Waals surface area contributed by atoms with Crippen molar-refractivity contribution < 1.29 is 18.0 Å². The number of carbonyl (C=O) groups excluding carboxylic acids is 1. The number of urea groups is 1. The zero-order chi connectivity index (χ0) is 24.0. The van der Waals surface area contributed by atoms with E-state index in [2.05, 4.69) is 20.4 Å². The lowest BCUT2D eigenvalue weighted by molar-refractivity contribution is -0.144. The molecule has 2 aliphatic heterocycles. The van der Waals surface area contributed by atoms with Crippen LogP contribution < -0.4 is 0 Å². The summed E-state index contributed by atoms with van der Waals surface area (Å²) in [5.41, 5.74) is 1.06. The van der Waals surface area contributed by atoms with Crippen molar-refractivity contribution >= 4 is 6.03 Å². The third-order valence-corrected chi connectivity index (χ3v) is 8.70. The highest BCUT2D eigenvalue weighted by molar-refractivity contribution is 5.77. The Balaban J connectivity index is 0.832. The number of rotatable bonds is 5. The highest BCUT2D eigenvalue weighted by atomic mass is 19.4. The fourth-order valence-corrected chi connectivity index (χ4v) is 6.96. The van der Waals surface area contributed by atoms with Crippen LogP contribution in [0, 0.1) is 16.7 Å². The maximum absolute atomic E-state index is 12.9. The van der Waals surface area contributed by atoms with Crippen LogP contribution in [0.15, 0.2) is 6.20 Å². The lowest BCUT2D eigenvalue weighted by atomic mass is 9.56. The number of amides is 2. The molecule has 3 saturated carbocycles. The minimum atomic E-state index is -4.31. The number of aromatic nitrogens is 6. The van der Waals surface area contributed by atoms with Gasteiger partial charge in [-0.05, 0) is 50.9 Å². The second-order valence-electron chi connectivity index (χ2n) is 11.9. The standard InChI is InChI=1S/C23H29F3N8O/c24-23(25,26)13-34-27-8-17(31-34)3-14-4-21(5-14)9-32(10-21)20(35)33-11-22(12-33)6-16(7-22)19-28-18(29-30-19)15-1-2-15/h8,14-16H,1-7,9-13H2,(H,28,29,30). The number of nitrogens with one attached hydrogen (secondary N) is 1. The lowest BCUT2D eigenvalue weighted by Gasteiger charge is -2.63. The van der Waals surface area contributed by atoms with Crippen LogP contribution >= 0.6 is 0 Å². The quantitative estimate of drug-likeness (QED) is 0.695. The largest absolute Gasteiger partial charge is 0.409 e. The van der Waals surface area contributed by atoms with Gasteiger partial charge < -0.3 is 9.80 Å². The molecule has 0 atom stereocenters. The molecule has 0 bridgehead atoms. The van der Waals surface area contributed by atoms with Crippen LogP contribution in [-0.2, 0) is 13.0 Å². The third kappa shape index (κ3) is 3.88. The predicted molar refractivity (Wildman–Crippen MR) is 116 cm³/mol. The predicted octanol–water partition coefficient (Wildman–Crippen LogP) is 3.09. The Morgan fingerprint density at radius 3 is 2.31 bits per heavy atom. The van der Waals surface area contributed by atoms with Gasteiger partial charge in [0.25, 0.3) is 0 Å². The van der Waals surface area contributed by atoms with Crippen molar-refractivity contribution in [3.05, 3.63) is 23.5 Å². The number of aromatic amines is 1. The van der Waals surface area contributed by atoms with Crippen LogP contribution in [0.5, 0.6) is 0 Å². The van der Waals surface area contributed by atoms with Crippen molar-refractivity contribution in [1.82, 2.24) is 40.0 Å². The van der Waals surface area contributed by atoms with Crippen molar-refractivity contribution in [2.75, 3.05) is 26.2 Å². The molecule has 5 aliphatic rings. The summed E-state index contributed by atoms with van der Waals surface area (Å²) in [4.78, 5) is 22.2. The van der Waals surface area contributed by atoms with Gasteiger partial charge in [-0.1, -0.05) is 0 Å². The van der Waals surface area contributed by atoms with E-state index in [1.165, 1.54) is 19.0 Å². The normalized spacial score (nSPS) is 25.3. The number of hydrogen-bond donors (Lipinski definition) is 1. The average molecular weight is 491 g/mol. The molecule has 0 aromatic carbocycles. The Morgan fingerprint density at radius 2 is 1.69 bits per heavy atom. The summed E-state index contributed by atoms with van der Waals surface area (Å²) >= 11 is 0. The first-order valence-corrected chi connectivity index (χ1v) is 12.6. The second kappa shape index (κ2) is 7.19. The van der Waals surface area contributed by atoms with Crippen LogP contribution in [0.2, 0.25) is 0 Å². The zero-order valence-corrected chi connectivity index (χ0v) is 19.5. The number of alkyl halides is 3. The molecule has 0 radical (unpaired) electrons. The summed E-state index contributed by atoms with van der Waals surface area (Å²) in [6, 6.07) is 0.150. The monoisotopic (exact) mass is 490 g/mol. The van der Waals surface area contributed by atoms with E-state index in [1.54, 1.807) is 0 Å². The van der Waals surface area contributed by atoms with Gasteiger partial charge in [0.05, 0.1) is 11.9 Å². The summed E-state index contributed by atoms with van der Waals surface area (Å²) in [6.07, 6.45) is 4.33. The van der Waals surface area contributed by atoms with Gasteiger partial charge in [0.15, 0.2) is 12.4 Å². The van der Waals surface area contributed by atoms with E-state index in [1.807, 2.05) is 9.80 Å². The van der Waals surface area contributed by atoms with E-state index < -0.39 is 12.7 Å². The van der Waals surface area contributed by atoms with Crippen LogP contribution in [0.4, 0.5) is 18.0 Å². The molecule has 0 unspecified atom stereocenters. The Kier molecular flexibility index (Phi) is 4.44.